The first kappa shape index (κ1) is 13.2. The van der Waals surface area contributed by atoms with E-state index in [2.05, 4.69) is 5.32 Å². The van der Waals surface area contributed by atoms with Crippen LogP contribution in [-0.2, 0) is 11.3 Å². The van der Waals surface area contributed by atoms with Crippen molar-refractivity contribution in [2.75, 3.05) is 27.4 Å². The molecule has 18 heavy (non-hydrogen) atoms. The Labute approximate surface area is 108 Å². The lowest BCUT2D eigenvalue weighted by atomic mass is 10.2. The maximum Gasteiger partial charge on any atom is 0.122 e. The van der Waals surface area contributed by atoms with E-state index in [0.29, 0.717) is 6.10 Å². The molecule has 4 nitrogen and oxygen atoms in total. The van der Waals surface area contributed by atoms with Gasteiger partial charge in [-0.2, -0.15) is 0 Å². The fourth-order valence-electron chi connectivity index (χ4n) is 2.15. The summed E-state index contributed by atoms with van der Waals surface area (Å²) in [7, 11) is 3.33. The standard InChI is InChI=1S/C14H21NO3/c1-16-13-6-11(7-14(8-13)17-2)9-15-10-12-4-3-5-18-12/h6-8,12,15H,3-5,9-10H2,1-2H3. The molecule has 2 rings (SSSR count). The highest BCUT2D eigenvalue weighted by Crippen LogP contribution is 2.22. The van der Waals surface area contributed by atoms with Gasteiger partial charge in [-0.15, -0.1) is 0 Å². The minimum Gasteiger partial charge on any atom is -0.497 e. The van der Waals surface area contributed by atoms with E-state index in [0.717, 1.165) is 43.2 Å². The quantitative estimate of drug-likeness (QED) is 0.839. The van der Waals surface area contributed by atoms with Gasteiger partial charge >= 0.3 is 0 Å². The van der Waals surface area contributed by atoms with Gasteiger partial charge in [0.15, 0.2) is 0 Å². The third kappa shape index (κ3) is 3.62. The van der Waals surface area contributed by atoms with E-state index in [4.69, 9.17) is 14.2 Å². The van der Waals surface area contributed by atoms with Crippen LogP contribution in [0.3, 0.4) is 0 Å². The molecule has 0 radical (unpaired) electrons. The minimum atomic E-state index is 0.373. The topological polar surface area (TPSA) is 39.7 Å². The van der Waals surface area contributed by atoms with Gasteiger partial charge in [0.05, 0.1) is 20.3 Å². The van der Waals surface area contributed by atoms with Crippen LogP contribution in [-0.4, -0.2) is 33.5 Å². The molecule has 1 atom stereocenters. The minimum absolute atomic E-state index is 0.373. The van der Waals surface area contributed by atoms with Crippen LogP contribution in [0.4, 0.5) is 0 Å². The number of rotatable bonds is 6. The van der Waals surface area contributed by atoms with Crippen LogP contribution in [0.25, 0.3) is 0 Å². The highest BCUT2D eigenvalue weighted by atomic mass is 16.5. The maximum atomic E-state index is 5.57. The van der Waals surface area contributed by atoms with Crippen molar-refractivity contribution in [1.29, 1.82) is 0 Å². The van der Waals surface area contributed by atoms with Crippen molar-refractivity contribution in [3.8, 4) is 11.5 Å². The summed E-state index contributed by atoms with van der Waals surface area (Å²) in [5, 5.41) is 3.41. The molecule has 1 aliphatic heterocycles. The Morgan fingerprint density at radius 3 is 2.50 bits per heavy atom. The average Bonchev–Trinajstić information content (AvgIpc) is 2.91. The summed E-state index contributed by atoms with van der Waals surface area (Å²) in [6.45, 7) is 2.60. The molecule has 0 aliphatic carbocycles. The number of hydrogen-bond acceptors (Lipinski definition) is 4. The molecule has 1 fully saturated rings. The molecule has 4 heteroatoms. The zero-order valence-electron chi connectivity index (χ0n) is 11.1. The summed E-state index contributed by atoms with van der Waals surface area (Å²) in [5.41, 5.74) is 1.16. The molecule has 0 aromatic heterocycles. The molecule has 0 spiro atoms. The Kier molecular flexibility index (Phi) is 4.84. The number of ether oxygens (including phenoxy) is 3. The lowest BCUT2D eigenvalue weighted by Gasteiger charge is -2.12. The van der Waals surface area contributed by atoms with Gasteiger partial charge in [0, 0.05) is 25.8 Å². The zero-order valence-corrected chi connectivity index (χ0v) is 11.1. The van der Waals surface area contributed by atoms with Crippen molar-refractivity contribution < 1.29 is 14.2 Å². The first-order valence-corrected chi connectivity index (χ1v) is 6.36. The summed E-state index contributed by atoms with van der Waals surface area (Å²) >= 11 is 0. The van der Waals surface area contributed by atoms with E-state index in [9.17, 15) is 0 Å². The summed E-state index contributed by atoms with van der Waals surface area (Å²) in [5.74, 6) is 1.64. The normalized spacial score (nSPS) is 18.9. The summed E-state index contributed by atoms with van der Waals surface area (Å²) in [4.78, 5) is 0. The Morgan fingerprint density at radius 1 is 1.22 bits per heavy atom. The van der Waals surface area contributed by atoms with Gasteiger partial charge in [0.2, 0.25) is 0 Å². The molecule has 1 aromatic rings. The van der Waals surface area contributed by atoms with Gasteiger partial charge < -0.3 is 19.5 Å². The molecule has 1 aromatic carbocycles. The number of methoxy groups -OCH3 is 2. The van der Waals surface area contributed by atoms with Crippen LogP contribution in [0.1, 0.15) is 18.4 Å². The first-order chi connectivity index (χ1) is 8.81. The molecule has 1 N–H and O–H groups in total. The predicted molar refractivity (Wildman–Crippen MR) is 70.2 cm³/mol. The van der Waals surface area contributed by atoms with Crippen molar-refractivity contribution in [3.05, 3.63) is 23.8 Å². The SMILES string of the molecule is COc1cc(CNCC2CCCO2)cc(OC)c1. The molecule has 1 saturated heterocycles. The highest BCUT2D eigenvalue weighted by Gasteiger charge is 2.14. The second-order valence-corrected chi connectivity index (χ2v) is 4.49. The van der Waals surface area contributed by atoms with Gasteiger partial charge in [-0.05, 0) is 30.5 Å². The predicted octanol–water partition coefficient (Wildman–Crippen LogP) is 1.97. The second kappa shape index (κ2) is 6.61. The Bertz CT molecular complexity index is 353. The van der Waals surface area contributed by atoms with Gasteiger partial charge in [0.1, 0.15) is 11.5 Å². The lowest BCUT2D eigenvalue weighted by Crippen LogP contribution is -2.25. The zero-order chi connectivity index (χ0) is 12.8. The molecule has 100 valence electrons. The highest BCUT2D eigenvalue weighted by molar-refractivity contribution is 5.38. The van der Waals surface area contributed by atoms with Crippen molar-refractivity contribution >= 4 is 0 Å². The molecule has 1 heterocycles. The van der Waals surface area contributed by atoms with Crippen LogP contribution < -0.4 is 14.8 Å². The van der Waals surface area contributed by atoms with E-state index in [1.165, 1.54) is 6.42 Å². The van der Waals surface area contributed by atoms with Crippen LogP contribution in [0, 0.1) is 0 Å². The summed E-state index contributed by atoms with van der Waals surface area (Å²) < 4.78 is 16.1. The monoisotopic (exact) mass is 251 g/mol. The Hall–Kier alpha value is -1.26. The summed E-state index contributed by atoms with van der Waals surface area (Å²) in [6, 6.07) is 5.92. The van der Waals surface area contributed by atoms with E-state index in [1.54, 1.807) is 14.2 Å². The molecule has 0 amide bonds. The van der Waals surface area contributed by atoms with Crippen LogP contribution >= 0.6 is 0 Å². The third-order valence-corrected chi connectivity index (χ3v) is 3.14. The number of hydrogen-bond donors (Lipinski definition) is 1. The van der Waals surface area contributed by atoms with E-state index >= 15 is 0 Å². The van der Waals surface area contributed by atoms with Crippen molar-refractivity contribution in [2.24, 2.45) is 0 Å². The number of nitrogens with one attached hydrogen (secondary N) is 1. The maximum absolute atomic E-state index is 5.57. The third-order valence-electron chi connectivity index (χ3n) is 3.14. The fraction of sp³-hybridized carbons (Fsp3) is 0.571. The molecule has 1 aliphatic rings. The van der Waals surface area contributed by atoms with Crippen LogP contribution in [0.2, 0.25) is 0 Å². The molecule has 0 saturated carbocycles. The lowest BCUT2D eigenvalue weighted by molar-refractivity contribution is 0.110. The largest absolute Gasteiger partial charge is 0.497 e. The van der Waals surface area contributed by atoms with Gasteiger partial charge in [0.25, 0.3) is 0 Å². The molecule has 0 bridgehead atoms. The number of benzene rings is 1. The molecule has 1 unspecified atom stereocenters. The Balaban J connectivity index is 1.87. The van der Waals surface area contributed by atoms with Crippen LogP contribution in [0.5, 0.6) is 11.5 Å². The molecular weight excluding hydrogens is 230 g/mol. The first-order valence-electron chi connectivity index (χ1n) is 6.36. The van der Waals surface area contributed by atoms with Gasteiger partial charge in [-0.1, -0.05) is 0 Å². The smallest absolute Gasteiger partial charge is 0.122 e. The average molecular weight is 251 g/mol. The second-order valence-electron chi connectivity index (χ2n) is 4.49. The van der Waals surface area contributed by atoms with E-state index in [1.807, 2.05) is 18.2 Å². The summed E-state index contributed by atoms with van der Waals surface area (Å²) in [6.07, 6.45) is 2.71. The van der Waals surface area contributed by atoms with E-state index in [-0.39, 0.29) is 0 Å². The van der Waals surface area contributed by atoms with Crippen molar-refractivity contribution in [3.63, 3.8) is 0 Å². The van der Waals surface area contributed by atoms with Crippen molar-refractivity contribution in [2.45, 2.75) is 25.5 Å². The van der Waals surface area contributed by atoms with Crippen LogP contribution in [0.15, 0.2) is 18.2 Å². The van der Waals surface area contributed by atoms with E-state index < -0.39 is 0 Å². The molecular formula is C14H21NO3. The fourth-order valence-corrected chi connectivity index (χ4v) is 2.15. The van der Waals surface area contributed by atoms with Crippen molar-refractivity contribution in [1.82, 2.24) is 5.32 Å². The Morgan fingerprint density at radius 2 is 1.94 bits per heavy atom. The van der Waals surface area contributed by atoms with Gasteiger partial charge in [-0.25, -0.2) is 0 Å². The van der Waals surface area contributed by atoms with Gasteiger partial charge in [-0.3, -0.25) is 0 Å².